The van der Waals surface area contributed by atoms with Crippen molar-refractivity contribution in [1.29, 1.82) is 0 Å². The molecule has 1 rings (SSSR count). The molecule has 3 atom stereocenters. The molecule has 0 aromatic heterocycles. The maximum absolute atomic E-state index is 12.1. The summed E-state index contributed by atoms with van der Waals surface area (Å²) in [5.74, 6) is 1.18. The minimum Gasteiger partial charge on any atom is -0.444 e. The van der Waals surface area contributed by atoms with Crippen molar-refractivity contribution in [2.24, 2.45) is 11.8 Å². The van der Waals surface area contributed by atoms with Crippen LogP contribution in [0.25, 0.3) is 0 Å². The molecule has 0 bridgehead atoms. The van der Waals surface area contributed by atoms with E-state index < -0.39 is 5.60 Å². The van der Waals surface area contributed by atoms with Crippen LogP contribution in [0.2, 0.25) is 0 Å². The number of likely N-dealkylation sites (tertiary alicyclic amines) is 1. The van der Waals surface area contributed by atoms with Gasteiger partial charge >= 0.3 is 6.09 Å². The number of nitrogens with zero attached hydrogens (tertiary/aromatic N) is 1. The zero-order valence-corrected chi connectivity index (χ0v) is 14.0. The average molecular weight is 284 g/mol. The van der Waals surface area contributed by atoms with E-state index in [0.717, 1.165) is 19.5 Å². The number of nitrogens with one attached hydrogen (secondary N) is 1. The molecule has 0 aromatic carbocycles. The highest BCUT2D eigenvalue weighted by atomic mass is 16.6. The lowest BCUT2D eigenvalue weighted by Crippen LogP contribution is -2.42. The molecule has 118 valence electrons. The van der Waals surface area contributed by atoms with Crippen LogP contribution in [-0.4, -0.2) is 42.8 Å². The number of rotatable bonds is 5. The van der Waals surface area contributed by atoms with Crippen LogP contribution >= 0.6 is 0 Å². The molecule has 1 saturated heterocycles. The lowest BCUT2D eigenvalue weighted by atomic mass is 9.86. The van der Waals surface area contributed by atoms with E-state index in [1.807, 2.05) is 32.7 Å². The summed E-state index contributed by atoms with van der Waals surface area (Å²) in [5.41, 5.74) is -0.410. The number of hydrogen-bond donors (Lipinski definition) is 1. The molecule has 1 amide bonds. The number of carbonyl (C=O) groups is 1. The van der Waals surface area contributed by atoms with E-state index in [-0.39, 0.29) is 6.09 Å². The first-order valence-corrected chi connectivity index (χ1v) is 7.93. The van der Waals surface area contributed by atoms with Crippen molar-refractivity contribution in [3.63, 3.8) is 0 Å². The Hall–Kier alpha value is -0.770. The van der Waals surface area contributed by atoms with Gasteiger partial charge < -0.3 is 15.0 Å². The van der Waals surface area contributed by atoms with E-state index in [1.54, 1.807) is 0 Å². The minimum absolute atomic E-state index is 0.169. The Labute approximate surface area is 124 Å². The van der Waals surface area contributed by atoms with Gasteiger partial charge in [-0.1, -0.05) is 20.3 Å². The molecule has 0 aromatic rings. The van der Waals surface area contributed by atoms with Gasteiger partial charge in [0, 0.05) is 19.1 Å². The second-order valence-corrected chi connectivity index (χ2v) is 7.06. The van der Waals surface area contributed by atoms with Gasteiger partial charge in [0.15, 0.2) is 0 Å². The number of ether oxygens (including phenoxy) is 1. The molecule has 0 aliphatic carbocycles. The zero-order chi connectivity index (χ0) is 15.3. The fourth-order valence-electron chi connectivity index (χ4n) is 3.19. The zero-order valence-electron chi connectivity index (χ0n) is 14.0. The Morgan fingerprint density at radius 1 is 1.45 bits per heavy atom. The van der Waals surface area contributed by atoms with Crippen LogP contribution in [0.5, 0.6) is 0 Å². The van der Waals surface area contributed by atoms with Gasteiger partial charge in [0.2, 0.25) is 0 Å². The molecule has 0 radical (unpaired) electrons. The van der Waals surface area contributed by atoms with Gasteiger partial charge in [-0.25, -0.2) is 4.79 Å². The Bertz CT molecular complexity index is 312. The lowest BCUT2D eigenvalue weighted by Gasteiger charge is -2.29. The maximum Gasteiger partial charge on any atom is 0.410 e. The standard InChI is InChI=1S/C16H32N2O2/c1-7-8-12(2)14(17-6)13-9-10-18(11-13)15(19)20-16(3,4)5/h12-14,17H,7-11H2,1-6H3. The third-order valence-corrected chi connectivity index (χ3v) is 4.07. The third kappa shape index (κ3) is 4.97. The highest BCUT2D eigenvalue weighted by Crippen LogP contribution is 2.27. The van der Waals surface area contributed by atoms with E-state index in [2.05, 4.69) is 19.2 Å². The number of hydrogen-bond acceptors (Lipinski definition) is 3. The van der Waals surface area contributed by atoms with Crippen LogP contribution in [0.4, 0.5) is 4.79 Å². The number of amides is 1. The summed E-state index contributed by atoms with van der Waals surface area (Å²) in [5, 5.41) is 3.46. The van der Waals surface area contributed by atoms with Gasteiger partial charge in [0.25, 0.3) is 0 Å². The van der Waals surface area contributed by atoms with E-state index in [0.29, 0.717) is 17.9 Å². The number of carbonyl (C=O) groups excluding carboxylic acids is 1. The van der Waals surface area contributed by atoms with E-state index in [4.69, 9.17) is 4.74 Å². The molecule has 1 fully saturated rings. The first-order chi connectivity index (χ1) is 9.28. The Kier molecular flexibility index (Phi) is 6.31. The highest BCUT2D eigenvalue weighted by molar-refractivity contribution is 5.68. The topological polar surface area (TPSA) is 41.6 Å². The maximum atomic E-state index is 12.1. The first kappa shape index (κ1) is 17.3. The molecule has 0 spiro atoms. The smallest absolute Gasteiger partial charge is 0.410 e. The second kappa shape index (κ2) is 7.30. The lowest BCUT2D eigenvalue weighted by molar-refractivity contribution is 0.0283. The SMILES string of the molecule is CCCC(C)C(NC)C1CCN(C(=O)OC(C)(C)C)C1. The summed E-state index contributed by atoms with van der Waals surface area (Å²) >= 11 is 0. The van der Waals surface area contributed by atoms with Gasteiger partial charge in [-0.15, -0.1) is 0 Å². The molecule has 1 N–H and O–H groups in total. The van der Waals surface area contributed by atoms with Gasteiger partial charge in [-0.05, 0) is 52.5 Å². The summed E-state index contributed by atoms with van der Waals surface area (Å²) in [4.78, 5) is 14.0. The van der Waals surface area contributed by atoms with Crippen molar-refractivity contribution in [3.8, 4) is 0 Å². The largest absolute Gasteiger partial charge is 0.444 e. The molecular formula is C16H32N2O2. The highest BCUT2D eigenvalue weighted by Gasteiger charge is 2.35. The third-order valence-electron chi connectivity index (χ3n) is 4.07. The monoisotopic (exact) mass is 284 g/mol. The Morgan fingerprint density at radius 3 is 2.60 bits per heavy atom. The summed E-state index contributed by atoms with van der Waals surface area (Å²) in [6.45, 7) is 11.9. The first-order valence-electron chi connectivity index (χ1n) is 7.93. The fourth-order valence-corrected chi connectivity index (χ4v) is 3.19. The molecule has 4 heteroatoms. The van der Waals surface area contributed by atoms with Crippen molar-refractivity contribution >= 4 is 6.09 Å². The van der Waals surface area contributed by atoms with Gasteiger partial charge in [-0.2, -0.15) is 0 Å². The molecule has 4 nitrogen and oxygen atoms in total. The van der Waals surface area contributed by atoms with Crippen LogP contribution in [0.1, 0.15) is 53.9 Å². The van der Waals surface area contributed by atoms with Gasteiger partial charge in [-0.3, -0.25) is 0 Å². The quantitative estimate of drug-likeness (QED) is 0.842. The molecule has 3 unspecified atom stereocenters. The van der Waals surface area contributed by atoms with Crippen LogP contribution in [-0.2, 0) is 4.74 Å². The van der Waals surface area contributed by atoms with Crippen molar-refractivity contribution in [3.05, 3.63) is 0 Å². The van der Waals surface area contributed by atoms with Crippen molar-refractivity contribution in [1.82, 2.24) is 10.2 Å². The van der Waals surface area contributed by atoms with Crippen molar-refractivity contribution in [2.75, 3.05) is 20.1 Å². The second-order valence-electron chi connectivity index (χ2n) is 7.06. The van der Waals surface area contributed by atoms with Crippen LogP contribution in [0.15, 0.2) is 0 Å². The van der Waals surface area contributed by atoms with Crippen LogP contribution in [0.3, 0.4) is 0 Å². The fraction of sp³-hybridized carbons (Fsp3) is 0.938. The molecule has 1 heterocycles. The molecular weight excluding hydrogens is 252 g/mol. The summed E-state index contributed by atoms with van der Waals surface area (Å²) < 4.78 is 5.46. The Balaban J connectivity index is 2.55. The summed E-state index contributed by atoms with van der Waals surface area (Å²) in [6.07, 6.45) is 3.34. The molecule has 1 aliphatic heterocycles. The molecule has 1 aliphatic rings. The van der Waals surface area contributed by atoms with Gasteiger partial charge in [0.1, 0.15) is 5.60 Å². The molecule has 0 saturated carbocycles. The van der Waals surface area contributed by atoms with E-state index >= 15 is 0 Å². The average Bonchev–Trinajstić information content (AvgIpc) is 2.77. The Morgan fingerprint density at radius 2 is 2.10 bits per heavy atom. The normalized spacial score (nSPS) is 22.7. The predicted molar refractivity (Wildman–Crippen MR) is 82.8 cm³/mol. The van der Waals surface area contributed by atoms with Crippen molar-refractivity contribution in [2.45, 2.75) is 65.5 Å². The van der Waals surface area contributed by atoms with Gasteiger partial charge in [0.05, 0.1) is 0 Å². The van der Waals surface area contributed by atoms with Crippen molar-refractivity contribution < 1.29 is 9.53 Å². The summed E-state index contributed by atoms with van der Waals surface area (Å²) in [7, 11) is 2.03. The predicted octanol–water partition coefficient (Wildman–Crippen LogP) is 3.27. The van der Waals surface area contributed by atoms with Crippen LogP contribution in [0, 0.1) is 11.8 Å². The van der Waals surface area contributed by atoms with Crippen LogP contribution < -0.4 is 5.32 Å². The summed E-state index contributed by atoms with van der Waals surface area (Å²) in [6, 6.07) is 0.488. The van der Waals surface area contributed by atoms with E-state index in [1.165, 1.54) is 12.8 Å². The van der Waals surface area contributed by atoms with E-state index in [9.17, 15) is 4.79 Å². The molecule has 20 heavy (non-hydrogen) atoms. The minimum atomic E-state index is -0.410.